The molecule has 168 valence electrons. The molecule has 0 saturated carbocycles. The molecule has 1 aromatic carbocycles. The molecule has 0 aliphatic carbocycles. The largest absolute Gasteiger partial charge is 0.490 e. The van der Waals surface area contributed by atoms with Crippen LogP contribution in [0.25, 0.3) is 10.9 Å². The van der Waals surface area contributed by atoms with Crippen LogP contribution in [0.3, 0.4) is 0 Å². The molecule has 0 bridgehead atoms. The fourth-order valence-electron chi connectivity index (χ4n) is 2.84. The highest BCUT2D eigenvalue weighted by atomic mass is 32.2. The van der Waals surface area contributed by atoms with Crippen molar-refractivity contribution in [3.8, 4) is 11.8 Å². The lowest BCUT2D eigenvalue weighted by Crippen LogP contribution is -2.36. The van der Waals surface area contributed by atoms with Crippen molar-refractivity contribution in [2.45, 2.75) is 20.0 Å². The first kappa shape index (κ1) is 24.3. The maximum absolute atomic E-state index is 11.6. The number of carbonyl (C=O) groups excluding carboxylic acids is 1. The number of aliphatic hydroxyl groups excluding tert-OH is 1. The maximum atomic E-state index is 11.6. The number of rotatable bonds is 13. The summed E-state index contributed by atoms with van der Waals surface area (Å²) in [5.41, 5.74) is 2.24. The molecule has 0 spiro atoms. The van der Waals surface area contributed by atoms with Crippen LogP contribution >= 0.6 is 11.9 Å². The molecular formula is C19H25N5O6S. The molecule has 3 N–H and O–H groups in total. The third-order valence-corrected chi connectivity index (χ3v) is 5.29. The van der Waals surface area contributed by atoms with Gasteiger partial charge in [0.05, 0.1) is 16.5 Å². The number of aromatic nitrogens is 1. The topological polar surface area (TPSA) is 154 Å². The average molecular weight is 452 g/mol. The van der Waals surface area contributed by atoms with Gasteiger partial charge in [-0.05, 0) is 36.6 Å². The van der Waals surface area contributed by atoms with Crippen molar-refractivity contribution in [3.63, 3.8) is 0 Å². The standard InChI is InChI=1S/C19H25N5O6S/c1-13-7-17-19(15(9-20)10-22-17)18(8-13)29-12-16(26)11-21-3-4-23(14(2)25)31-6-5-30-24(27)28/h7-8,10,16,21-22,26H,3-6,11-12H2,1-2H3. The molecule has 0 saturated heterocycles. The van der Waals surface area contributed by atoms with Gasteiger partial charge in [-0.1, -0.05) is 0 Å². The summed E-state index contributed by atoms with van der Waals surface area (Å²) in [6.45, 7) is 4.28. The molecule has 1 heterocycles. The number of nitriles is 1. The zero-order valence-corrected chi connectivity index (χ0v) is 18.1. The van der Waals surface area contributed by atoms with Gasteiger partial charge >= 0.3 is 0 Å². The first-order valence-corrected chi connectivity index (χ1v) is 10.5. The van der Waals surface area contributed by atoms with Crippen molar-refractivity contribution < 1.29 is 24.6 Å². The van der Waals surface area contributed by atoms with Crippen molar-refractivity contribution in [2.24, 2.45) is 0 Å². The minimum absolute atomic E-state index is 0.0327. The smallest absolute Gasteiger partial charge is 0.294 e. The normalized spacial score (nSPS) is 11.7. The van der Waals surface area contributed by atoms with Gasteiger partial charge in [-0.15, -0.1) is 10.1 Å². The first-order chi connectivity index (χ1) is 14.8. The highest BCUT2D eigenvalue weighted by Crippen LogP contribution is 2.30. The number of aryl methyl sites for hydroxylation is 1. The van der Waals surface area contributed by atoms with Crippen molar-refractivity contribution in [1.82, 2.24) is 14.6 Å². The maximum Gasteiger partial charge on any atom is 0.294 e. The predicted octanol–water partition coefficient (Wildman–Crippen LogP) is 1.38. The Bertz CT molecular complexity index is 944. The van der Waals surface area contributed by atoms with Crippen molar-refractivity contribution >= 4 is 28.8 Å². The molecule has 0 aliphatic heterocycles. The van der Waals surface area contributed by atoms with E-state index in [1.54, 1.807) is 6.20 Å². The summed E-state index contributed by atoms with van der Waals surface area (Å²) >= 11 is 1.14. The number of nitrogens with one attached hydrogen (secondary N) is 2. The summed E-state index contributed by atoms with van der Waals surface area (Å²) in [4.78, 5) is 29.0. The van der Waals surface area contributed by atoms with Crippen molar-refractivity contribution in [2.75, 3.05) is 38.6 Å². The lowest BCUT2D eigenvalue weighted by molar-refractivity contribution is -0.756. The molecule has 1 atom stereocenters. The molecule has 1 aromatic heterocycles. The van der Waals surface area contributed by atoms with Crippen LogP contribution in [-0.4, -0.2) is 70.1 Å². The molecule has 0 radical (unpaired) electrons. The lowest BCUT2D eigenvalue weighted by Gasteiger charge is -2.20. The van der Waals surface area contributed by atoms with Gasteiger partial charge in [0.25, 0.3) is 5.09 Å². The number of nitrogens with zero attached hydrogens (tertiary/aromatic N) is 3. The third-order valence-electron chi connectivity index (χ3n) is 4.19. The van der Waals surface area contributed by atoms with Crippen LogP contribution in [0.4, 0.5) is 0 Å². The second-order valence-corrected chi connectivity index (χ2v) is 7.79. The van der Waals surface area contributed by atoms with Crippen LogP contribution in [0.1, 0.15) is 18.1 Å². The molecule has 11 nitrogen and oxygen atoms in total. The fourth-order valence-corrected chi connectivity index (χ4v) is 3.61. The Labute approximate surface area is 183 Å². The number of hydrogen-bond donors (Lipinski definition) is 3. The van der Waals surface area contributed by atoms with E-state index in [9.17, 15) is 25.3 Å². The number of amides is 1. The number of benzene rings is 1. The summed E-state index contributed by atoms with van der Waals surface area (Å²) in [7, 11) is 0. The van der Waals surface area contributed by atoms with Crippen LogP contribution in [-0.2, 0) is 9.63 Å². The number of aromatic amines is 1. The van der Waals surface area contributed by atoms with E-state index in [-0.39, 0.29) is 31.4 Å². The first-order valence-electron chi connectivity index (χ1n) is 9.53. The van der Waals surface area contributed by atoms with Gasteiger partial charge in [-0.3, -0.25) is 9.10 Å². The number of carbonyl (C=O) groups is 1. The Morgan fingerprint density at radius 1 is 1.52 bits per heavy atom. The van der Waals surface area contributed by atoms with E-state index >= 15 is 0 Å². The van der Waals surface area contributed by atoms with Crippen molar-refractivity contribution in [3.05, 3.63) is 39.6 Å². The van der Waals surface area contributed by atoms with Gasteiger partial charge in [-0.2, -0.15) is 5.26 Å². The SMILES string of the molecule is CC(=O)N(CCNCC(O)COc1cc(C)cc2[nH]cc(C#N)c12)SCCO[N+](=O)[O-]. The van der Waals surface area contributed by atoms with Gasteiger partial charge in [0.15, 0.2) is 0 Å². The van der Waals surface area contributed by atoms with E-state index in [4.69, 9.17) is 4.74 Å². The highest BCUT2D eigenvalue weighted by molar-refractivity contribution is 7.97. The molecule has 12 heteroatoms. The monoisotopic (exact) mass is 451 g/mol. The summed E-state index contributed by atoms with van der Waals surface area (Å²) in [5, 5.41) is 32.5. The minimum atomic E-state index is -0.872. The number of ether oxygens (including phenoxy) is 1. The molecule has 1 unspecified atom stereocenters. The summed E-state index contributed by atoms with van der Waals surface area (Å²) < 4.78 is 7.24. The van der Waals surface area contributed by atoms with E-state index in [1.807, 2.05) is 19.1 Å². The highest BCUT2D eigenvalue weighted by Gasteiger charge is 2.14. The van der Waals surface area contributed by atoms with E-state index in [0.717, 1.165) is 23.0 Å². The average Bonchev–Trinajstić information content (AvgIpc) is 3.13. The number of H-pyrrole nitrogens is 1. The zero-order valence-electron chi connectivity index (χ0n) is 17.3. The van der Waals surface area contributed by atoms with Gasteiger partial charge in [-0.25, -0.2) is 0 Å². The Hall–Kier alpha value is -3.01. The van der Waals surface area contributed by atoms with E-state index < -0.39 is 11.2 Å². The van der Waals surface area contributed by atoms with E-state index in [1.165, 1.54) is 11.2 Å². The van der Waals surface area contributed by atoms with E-state index in [2.05, 4.69) is 21.2 Å². The van der Waals surface area contributed by atoms with Gasteiger partial charge < -0.3 is 25.0 Å². The third kappa shape index (κ3) is 7.63. The Kier molecular flexibility index (Phi) is 9.39. The molecular weight excluding hydrogens is 426 g/mol. The zero-order chi connectivity index (χ0) is 22.8. The fraction of sp³-hybridized carbons (Fsp3) is 0.474. The van der Waals surface area contributed by atoms with Gasteiger partial charge in [0.2, 0.25) is 5.91 Å². The summed E-state index contributed by atoms with van der Waals surface area (Å²) in [6, 6.07) is 5.86. The number of aliphatic hydroxyl groups is 1. The molecule has 0 aliphatic rings. The van der Waals surface area contributed by atoms with Crippen molar-refractivity contribution in [1.29, 1.82) is 5.26 Å². The molecule has 1 amide bonds. The predicted molar refractivity (Wildman–Crippen MR) is 115 cm³/mol. The number of fused-ring (bicyclic) bond motifs is 1. The van der Waals surface area contributed by atoms with Gasteiger partial charge in [0.1, 0.15) is 31.1 Å². The second kappa shape index (κ2) is 12.0. The van der Waals surface area contributed by atoms with Crippen LogP contribution in [0.5, 0.6) is 5.75 Å². The second-order valence-electron chi connectivity index (χ2n) is 6.68. The number of hydrogen-bond acceptors (Lipinski definition) is 9. The molecule has 2 rings (SSSR count). The Morgan fingerprint density at radius 2 is 2.29 bits per heavy atom. The van der Waals surface area contributed by atoms with Crippen LogP contribution < -0.4 is 10.1 Å². The quantitative estimate of drug-likeness (QED) is 0.177. The summed E-state index contributed by atoms with van der Waals surface area (Å²) in [6.07, 6.45) is 0.823. The Morgan fingerprint density at radius 3 is 2.97 bits per heavy atom. The minimum Gasteiger partial charge on any atom is -0.490 e. The molecule has 31 heavy (non-hydrogen) atoms. The molecule has 0 fully saturated rings. The molecule has 2 aromatic rings. The van der Waals surface area contributed by atoms with Gasteiger partial charge in [0, 0.05) is 38.5 Å². The van der Waals surface area contributed by atoms with E-state index in [0.29, 0.717) is 29.8 Å². The Balaban J connectivity index is 1.76. The van der Waals surface area contributed by atoms with Crippen LogP contribution in [0.15, 0.2) is 18.3 Å². The lowest BCUT2D eigenvalue weighted by atomic mass is 10.1. The summed E-state index contributed by atoms with van der Waals surface area (Å²) in [5.74, 6) is 0.620. The van der Waals surface area contributed by atoms with Crippen LogP contribution in [0, 0.1) is 28.4 Å². The van der Waals surface area contributed by atoms with Crippen LogP contribution in [0.2, 0.25) is 0 Å².